The molecule has 0 amide bonds. The molecule has 0 saturated heterocycles. The summed E-state index contributed by atoms with van der Waals surface area (Å²) in [7, 11) is 0. The number of halogens is 8. The van der Waals surface area contributed by atoms with E-state index in [0.717, 1.165) is 31.4 Å². The van der Waals surface area contributed by atoms with E-state index in [4.69, 9.17) is 0 Å². The molecule has 1 saturated carbocycles. The molecule has 306 valence electrons. The van der Waals surface area contributed by atoms with Gasteiger partial charge in [0.2, 0.25) is 0 Å². The van der Waals surface area contributed by atoms with Crippen LogP contribution in [0.4, 0.5) is 26.3 Å². The van der Waals surface area contributed by atoms with Crippen LogP contribution in [-0.2, 0) is 40.0 Å². The van der Waals surface area contributed by atoms with Crippen molar-refractivity contribution in [2.45, 2.75) is 93.8 Å². The van der Waals surface area contributed by atoms with Crippen LogP contribution < -0.4 is 24.8 Å². The van der Waals surface area contributed by atoms with E-state index in [0.29, 0.717) is 14.3 Å². The van der Waals surface area contributed by atoms with Gasteiger partial charge in [-0.1, -0.05) is 0 Å². The zero-order valence-electron chi connectivity index (χ0n) is 34.2. The van der Waals surface area contributed by atoms with Crippen molar-refractivity contribution >= 4 is 8.78 Å². The molecule has 0 aliphatic heterocycles. The Hall–Kier alpha value is -2.73. The van der Waals surface area contributed by atoms with E-state index in [1.807, 2.05) is 12.2 Å². The Morgan fingerprint density at radius 2 is 1.22 bits per heavy atom. The molecule has 5 aliphatic rings. The molecule has 0 spiro atoms. The first kappa shape index (κ1) is 44.8. The molecule has 0 aromatic heterocycles. The number of hydrogen-bond acceptors (Lipinski definition) is 0. The van der Waals surface area contributed by atoms with Crippen LogP contribution in [0.1, 0.15) is 102 Å². The summed E-state index contributed by atoms with van der Waals surface area (Å²) < 4.78 is 87.7. The molecule has 9 heteroatoms. The summed E-state index contributed by atoms with van der Waals surface area (Å²) in [6.07, 6.45) is 6.49. The average Bonchev–Trinajstić information content (AvgIpc) is 3.81. The van der Waals surface area contributed by atoms with Gasteiger partial charge in [0.25, 0.3) is 0 Å². The van der Waals surface area contributed by atoms with Crippen molar-refractivity contribution in [2.75, 3.05) is 0 Å². The van der Waals surface area contributed by atoms with Crippen LogP contribution >= 0.6 is 0 Å². The first-order valence-electron chi connectivity index (χ1n) is 19.8. The van der Waals surface area contributed by atoms with Crippen molar-refractivity contribution in [1.29, 1.82) is 0 Å². The fraction of sp³-hybridized carbons (Fsp3) is 0.408. The van der Waals surface area contributed by atoms with Crippen molar-refractivity contribution in [1.82, 2.24) is 0 Å². The topological polar surface area (TPSA) is 0 Å². The minimum absolute atomic E-state index is 0. The predicted octanol–water partition coefficient (Wildman–Crippen LogP) is 8.40. The first-order chi connectivity index (χ1) is 26.1. The molecule has 0 heterocycles. The summed E-state index contributed by atoms with van der Waals surface area (Å²) in [5.41, 5.74) is 5.60. The van der Waals surface area contributed by atoms with Gasteiger partial charge in [-0.05, 0) is 0 Å². The number of alkyl halides is 6. The number of fused-ring (bicyclic) bond motifs is 6. The normalized spacial score (nSPS) is 26.1. The summed E-state index contributed by atoms with van der Waals surface area (Å²) in [4.78, 5) is 0. The van der Waals surface area contributed by atoms with E-state index < -0.39 is 53.3 Å². The molecule has 0 radical (unpaired) electrons. The van der Waals surface area contributed by atoms with Crippen LogP contribution in [0.2, 0.25) is 6.75 Å². The molecule has 0 bridgehead atoms. The van der Waals surface area contributed by atoms with Gasteiger partial charge < -0.3 is 24.8 Å². The third kappa shape index (κ3) is 6.12. The number of rotatable bonds is 4. The minimum atomic E-state index is -4.63. The molecule has 3 aromatic carbocycles. The second kappa shape index (κ2) is 14.7. The molecular weight excluding hydrogens is 865 g/mol. The summed E-state index contributed by atoms with van der Waals surface area (Å²) in [5, 5.41) is 0. The molecule has 3 unspecified atom stereocenters. The van der Waals surface area contributed by atoms with E-state index in [9.17, 15) is 26.3 Å². The fourth-order valence-electron chi connectivity index (χ4n) is 12.0. The van der Waals surface area contributed by atoms with Crippen LogP contribution in [0.15, 0.2) is 126 Å². The van der Waals surface area contributed by atoms with Gasteiger partial charge in [-0.3, -0.25) is 0 Å². The molecule has 3 aromatic rings. The molecule has 8 rings (SSSR count). The van der Waals surface area contributed by atoms with Gasteiger partial charge in [0.1, 0.15) is 0 Å². The quantitative estimate of drug-likeness (QED) is 0.231. The van der Waals surface area contributed by atoms with Crippen LogP contribution in [0.25, 0.3) is 5.57 Å². The Kier molecular flexibility index (Phi) is 11.4. The smallest absolute Gasteiger partial charge is 1.00 e. The summed E-state index contributed by atoms with van der Waals surface area (Å²) >= 11 is -3.86. The van der Waals surface area contributed by atoms with Crippen molar-refractivity contribution in [3.63, 3.8) is 0 Å². The Morgan fingerprint density at radius 3 is 1.78 bits per heavy atom. The van der Waals surface area contributed by atoms with Gasteiger partial charge in [0.05, 0.1) is 0 Å². The van der Waals surface area contributed by atoms with Crippen molar-refractivity contribution in [3.05, 3.63) is 159 Å². The molecule has 0 N–H and O–H groups in total. The number of hydrogen-bond donors (Lipinski definition) is 0. The van der Waals surface area contributed by atoms with Crippen molar-refractivity contribution in [3.8, 4) is 0 Å². The molecule has 5 aliphatic carbocycles. The zero-order chi connectivity index (χ0) is 40.4. The fourth-order valence-corrected chi connectivity index (χ4v) is 23.5. The minimum Gasteiger partial charge on any atom is -1.00 e. The molecular formula is C49H50Cl2F6Zr. The second-order valence-electron chi connectivity index (χ2n) is 18.5. The largest absolute Gasteiger partial charge is 1.00 e. The van der Waals surface area contributed by atoms with Crippen molar-refractivity contribution in [2.24, 2.45) is 27.6 Å². The van der Waals surface area contributed by atoms with Gasteiger partial charge in [-0.2, -0.15) is 0 Å². The summed E-state index contributed by atoms with van der Waals surface area (Å²) in [6, 6.07) is 19.5. The number of allylic oxidation sites excluding steroid dienone is 10. The zero-order valence-corrected chi connectivity index (χ0v) is 38.2. The number of benzene rings is 3. The molecule has 0 nitrogen and oxygen atoms in total. The maximum atomic E-state index is 14.6. The van der Waals surface area contributed by atoms with E-state index in [2.05, 4.69) is 104 Å². The van der Waals surface area contributed by atoms with E-state index >= 15 is 0 Å². The monoisotopic (exact) mass is 912 g/mol. The third-order valence-electron chi connectivity index (χ3n) is 16.1. The Morgan fingerprint density at radius 1 is 0.672 bits per heavy atom. The van der Waals surface area contributed by atoms with Gasteiger partial charge in [-0.15, -0.1) is 0 Å². The van der Waals surface area contributed by atoms with Gasteiger partial charge in [-0.25, -0.2) is 0 Å². The maximum Gasteiger partial charge on any atom is -1.00 e. The van der Waals surface area contributed by atoms with Crippen LogP contribution in [0.3, 0.4) is 0 Å². The maximum absolute atomic E-state index is 14.6. The standard InChI is InChI=1S/C29H37.C15H8F6.C5H5.2ClH.Zr/c1-18-25-22-17-19-13-9-10-14-20(19)24(22)21-15-11-12-16-23(21)29(25,8)28(6,7)27(4,5)26(18,2)3;16-14(17,18)12-5-1-3-10(8-12)7-11-4-2-6-13(9-11)15(19,20)21;1-2-4-5-3-1;;;/h9-11,13-15,23H,12,16-17H2,1-8H3;1-6,8-9H;1-5H;2*1H;/q;;;;;+2/p-2. The van der Waals surface area contributed by atoms with Gasteiger partial charge in [0, 0.05) is 0 Å². The van der Waals surface area contributed by atoms with Gasteiger partial charge in [0.15, 0.2) is 0 Å². The van der Waals surface area contributed by atoms with Crippen LogP contribution in [0, 0.1) is 27.6 Å². The molecule has 58 heavy (non-hydrogen) atoms. The van der Waals surface area contributed by atoms with E-state index in [1.54, 1.807) is 12.1 Å². The average molecular weight is 915 g/mol. The van der Waals surface area contributed by atoms with Crippen LogP contribution in [-0.4, -0.2) is 3.21 Å². The van der Waals surface area contributed by atoms with Crippen LogP contribution in [0.5, 0.6) is 0 Å². The third-order valence-corrected chi connectivity index (χ3v) is 26.2. The summed E-state index contributed by atoms with van der Waals surface area (Å²) in [6.45, 7) is 19.2. The van der Waals surface area contributed by atoms with E-state index in [1.165, 1.54) is 57.7 Å². The predicted molar refractivity (Wildman–Crippen MR) is 212 cm³/mol. The molecule has 3 atom stereocenters. The summed E-state index contributed by atoms with van der Waals surface area (Å²) in [5.74, 6) is 0.182. The van der Waals surface area contributed by atoms with Gasteiger partial charge >= 0.3 is 337 Å². The SMILES string of the molecule is CC12C(=C3Cc4ccccc4C3=C3C=CCCC31)[C](C)([Zr+2](=[C](c1cccc(C(F)(F)F)c1)c1cccc(C(F)(F)F)c1)[CH]1C=CC=C1)C(C)(C)C(C)(C)C2(C)C.[Cl-].[Cl-]. The Balaban J connectivity index is 0.00000283. The Bertz CT molecular complexity index is 2280. The van der Waals surface area contributed by atoms with E-state index in [-0.39, 0.29) is 50.6 Å². The molecule has 1 fully saturated rings. The second-order valence-corrected chi connectivity index (χ2v) is 25.9. The van der Waals surface area contributed by atoms with Crippen molar-refractivity contribution < 1.29 is 72.4 Å². The Labute approximate surface area is 359 Å². The first-order valence-corrected chi connectivity index (χ1v) is 23.7.